The fourth-order valence-corrected chi connectivity index (χ4v) is 3.54. The van der Waals surface area contributed by atoms with Crippen LogP contribution in [0, 0.1) is 6.92 Å². The van der Waals surface area contributed by atoms with Crippen LogP contribution >= 0.6 is 0 Å². The Balaban J connectivity index is 2.11. The molecule has 1 unspecified atom stereocenters. The number of fused-ring (bicyclic) bond motifs is 1. The van der Waals surface area contributed by atoms with Crippen molar-refractivity contribution in [3.63, 3.8) is 0 Å². The zero-order valence-electron chi connectivity index (χ0n) is 14.6. The van der Waals surface area contributed by atoms with E-state index in [0.717, 1.165) is 22.3 Å². The van der Waals surface area contributed by atoms with Gasteiger partial charge in [-0.3, -0.25) is 0 Å². The van der Waals surface area contributed by atoms with Crippen molar-refractivity contribution in [1.82, 2.24) is 0 Å². The van der Waals surface area contributed by atoms with Gasteiger partial charge < -0.3 is 9.47 Å². The molecule has 0 aliphatic heterocycles. The van der Waals surface area contributed by atoms with E-state index in [1.165, 1.54) is 5.56 Å². The molecule has 2 aromatic carbocycles. The van der Waals surface area contributed by atoms with Crippen molar-refractivity contribution in [3.05, 3.63) is 76.4 Å². The van der Waals surface area contributed by atoms with Crippen LogP contribution in [0.3, 0.4) is 0 Å². The number of benzene rings is 2. The Kier molecular flexibility index (Phi) is 4.29. The molecule has 1 atom stereocenters. The predicted octanol–water partition coefficient (Wildman–Crippen LogP) is 4.50. The van der Waals surface area contributed by atoms with Crippen molar-refractivity contribution in [2.24, 2.45) is 0 Å². The standard InChI is InChI=1S/C21H22O3/c1-14-9-8-12-18-19(14)15(2)16(3)21(18,13-23-4)24-20(22)17-10-6-5-7-11-17/h5-12H,13H2,1-4H3. The summed E-state index contributed by atoms with van der Waals surface area (Å²) >= 11 is 0. The summed E-state index contributed by atoms with van der Waals surface area (Å²) in [6.07, 6.45) is 0. The van der Waals surface area contributed by atoms with E-state index in [0.29, 0.717) is 12.2 Å². The first-order valence-electron chi connectivity index (χ1n) is 8.07. The van der Waals surface area contributed by atoms with Gasteiger partial charge in [0.2, 0.25) is 0 Å². The molecule has 0 aromatic heterocycles. The average molecular weight is 322 g/mol. The lowest BCUT2D eigenvalue weighted by Crippen LogP contribution is -2.37. The van der Waals surface area contributed by atoms with Gasteiger partial charge >= 0.3 is 5.97 Å². The first-order valence-corrected chi connectivity index (χ1v) is 8.07. The molecule has 3 heteroatoms. The highest BCUT2D eigenvalue weighted by Crippen LogP contribution is 2.48. The molecule has 3 rings (SSSR count). The second-order valence-electron chi connectivity index (χ2n) is 6.26. The predicted molar refractivity (Wildman–Crippen MR) is 94.9 cm³/mol. The van der Waals surface area contributed by atoms with Crippen LogP contribution in [0.1, 0.15) is 40.9 Å². The van der Waals surface area contributed by atoms with E-state index in [1.807, 2.05) is 37.3 Å². The molecule has 2 aromatic rings. The van der Waals surface area contributed by atoms with Gasteiger partial charge in [-0.05, 0) is 55.2 Å². The van der Waals surface area contributed by atoms with E-state index >= 15 is 0 Å². The Morgan fingerprint density at radius 1 is 1.00 bits per heavy atom. The molecular weight excluding hydrogens is 300 g/mol. The number of carbonyl (C=O) groups is 1. The van der Waals surface area contributed by atoms with Gasteiger partial charge in [-0.1, -0.05) is 36.4 Å². The van der Waals surface area contributed by atoms with Crippen molar-refractivity contribution in [2.75, 3.05) is 13.7 Å². The summed E-state index contributed by atoms with van der Waals surface area (Å²) in [7, 11) is 1.63. The third-order valence-corrected chi connectivity index (χ3v) is 4.88. The van der Waals surface area contributed by atoms with Crippen LogP contribution in [-0.4, -0.2) is 19.7 Å². The molecule has 0 heterocycles. The quantitative estimate of drug-likeness (QED) is 0.777. The van der Waals surface area contributed by atoms with E-state index in [1.54, 1.807) is 19.2 Å². The third-order valence-electron chi connectivity index (χ3n) is 4.88. The molecule has 0 radical (unpaired) electrons. The zero-order chi connectivity index (χ0) is 17.3. The van der Waals surface area contributed by atoms with Gasteiger partial charge in [0.1, 0.15) is 0 Å². The van der Waals surface area contributed by atoms with Gasteiger partial charge in [-0.25, -0.2) is 4.79 Å². The Morgan fingerprint density at radius 3 is 2.38 bits per heavy atom. The van der Waals surface area contributed by atoms with Gasteiger partial charge in [0.25, 0.3) is 0 Å². The van der Waals surface area contributed by atoms with Gasteiger partial charge in [0, 0.05) is 12.7 Å². The van der Waals surface area contributed by atoms with Crippen LogP contribution in [0.15, 0.2) is 54.1 Å². The number of hydrogen-bond acceptors (Lipinski definition) is 3. The molecule has 0 fully saturated rings. The molecule has 0 saturated carbocycles. The molecule has 0 spiro atoms. The number of esters is 1. The minimum Gasteiger partial charge on any atom is -0.443 e. The van der Waals surface area contributed by atoms with Crippen LogP contribution in [0.4, 0.5) is 0 Å². The zero-order valence-corrected chi connectivity index (χ0v) is 14.6. The second-order valence-corrected chi connectivity index (χ2v) is 6.26. The first-order chi connectivity index (χ1) is 11.5. The molecule has 124 valence electrons. The number of rotatable bonds is 4. The summed E-state index contributed by atoms with van der Waals surface area (Å²) < 4.78 is 11.5. The maximum atomic E-state index is 12.7. The molecule has 3 nitrogen and oxygen atoms in total. The number of methoxy groups -OCH3 is 1. The van der Waals surface area contributed by atoms with Crippen molar-refractivity contribution in [1.29, 1.82) is 0 Å². The second kappa shape index (κ2) is 6.25. The third kappa shape index (κ3) is 2.45. The largest absolute Gasteiger partial charge is 0.443 e. The Hall–Kier alpha value is -2.39. The fourth-order valence-electron chi connectivity index (χ4n) is 3.54. The van der Waals surface area contributed by atoms with Crippen LogP contribution in [0.25, 0.3) is 5.57 Å². The molecule has 24 heavy (non-hydrogen) atoms. The lowest BCUT2D eigenvalue weighted by Gasteiger charge is -2.32. The monoisotopic (exact) mass is 322 g/mol. The Morgan fingerprint density at radius 2 is 1.71 bits per heavy atom. The van der Waals surface area contributed by atoms with E-state index in [9.17, 15) is 4.79 Å². The van der Waals surface area contributed by atoms with Gasteiger partial charge in [-0.15, -0.1) is 0 Å². The van der Waals surface area contributed by atoms with Crippen LogP contribution in [-0.2, 0) is 15.1 Å². The summed E-state index contributed by atoms with van der Waals surface area (Å²) in [6, 6.07) is 15.2. The lowest BCUT2D eigenvalue weighted by atomic mass is 9.90. The summed E-state index contributed by atoms with van der Waals surface area (Å²) in [5.41, 5.74) is 5.20. The lowest BCUT2D eigenvalue weighted by molar-refractivity contribution is -0.0383. The minimum absolute atomic E-state index is 0.297. The van der Waals surface area contributed by atoms with Crippen molar-refractivity contribution < 1.29 is 14.3 Å². The van der Waals surface area contributed by atoms with E-state index < -0.39 is 5.60 Å². The number of allylic oxidation sites excluding steroid dienone is 1. The van der Waals surface area contributed by atoms with Crippen LogP contribution < -0.4 is 0 Å². The Bertz CT molecular complexity index is 805. The highest BCUT2D eigenvalue weighted by atomic mass is 16.6. The first kappa shape index (κ1) is 16.5. The smallest absolute Gasteiger partial charge is 0.339 e. The topological polar surface area (TPSA) is 35.5 Å². The molecule has 0 bridgehead atoms. The molecular formula is C21H22O3. The summed E-state index contributed by atoms with van der Waals surface area (Å²) in [5.74, 6) is -0.339. The molecule has 1 aliphatic carbocycles. The summed E-state index contributed by atoms with van der Waals surface area (Å²) in [5, 5.41) is 0. The van der Waals surface area contributed by atoms with E-state index in [-0.39, 0.29) is 5.97 Å². The van der Waals surface area contributed by atoms with Gasteiger partial charge in [0.05, 0.1) is 12.2 Å². The minimum atomic E-state index is -0.868. The number of aryl methyl sites for hydroxylation is 1. The van der Waals surface area contributed by atoms with E-state index in [2.05, 4.69) is 19.9 Å². The molecule has 0 amide bonds. The maximum Gasteiger partial charge on any atom is 0.339 e. The van der Waals surface area contributed by atoms with Crippen molar-refractivity contribution in [2.45, 2.75) is 26.4 Å². The molecule has 1 aliphatic rings. The summed E-state index contributed by atoms with van der Waals surface area (Å²) in [4.78, 5) is 12.7. The normalized spacial score (nSPS) is 19.3. The van der Waals surface area contributed by atoms with Gasteiger partial charge in [-0.2, -0.15) is 0 Å². The highest BCUT2D eigenvalue weighted by Gasteiger charge is 2.46. The maximum absolute atomic E-state index is 12.7. The van der Waals surface area contributed by atoms with Crippen LogP contribution in [0.2, 0.25) is 0 Å². The van der Waals surface area contributed by atoms with Crippen molar-refractivity contribution >= 4 is 11.5 Å². The van der Waals surface area contributed by atoms with E-state index in [4.69, 9.17) is 9.47 Å². The van der Waals surface area contributed by atoms with Gasteiger partial charge in [0.15, 0.2) is 5.60 Å². The Labute approximate surface area is 142 Å². The SMILES string of the molecule is COCC1(OC(=O)c2ccccc2)C(C)=C(C)c2c(C)cccc21. The molecule has 0 N–H and O–H groups in total. The highest BCUT2D eigenvalue weighted by molar-refractivity contribution is 5.91. The summed E-state index contributed by atoms with van der Waals surface area (Å²) in [6.45, 7) is 6.48. The number of hydrogen-bond donors (Lipinski definition) is 0. The van der Waals surface area contributed by atoms with Crippen LogP contribution in [0.5, 0.6) is 0 Å². The number of ether oxygens (including phenoxy) is 2. The molecule has 0 saturated heterocycles. The van der Waals surface area contributed by atoms with Crippen molar-refractivity contribution in [3.8, 4) is 0 Å². The average Bonchev–Trinajstić information content (AvgIpc) is 2.79. The fraction of sp³-hybridized carbons (Fsp3) is 0.286. The number of carbonyl (C=O) groups excluding carboxylic acids is 1.